The Labute approximate surface area is 517 Å². The minimum Gasteiger partial charge on any atom is -0.462 e. The smallest absolute Gasteiger partial charge is 0.306 e. The number of hydrogen-bond donors (Lipinski definition) is 0. The number of carbonyl (C=O) groups excluding carboxylic acids is 3. The van der Waals surface area contributed by atoms with Crippen molar-refractivity contribution in [2.45, 2.75) is 399 Å². The molecule has 83 heavy (non-hydrogen) atoms. The highest BCUT2D eigenvalue weighted by Gasteiger charge is 2.19. The number of carbonyl (C=O) groups is 3. The molecule has 0 heterocycles. The molecule has 0 aliphatic heterocycles. The van der Waals surface area contributed by atoms with Crippen LogP contribution in [-0.4, -0.2) is 37.2 Å². The second kappa shape index (κ2) is 71.6. The first-order valence-electron chi connectivity index (χ1n) is 36.8. The van der Waals surface area contributed by atoms with E-state index in [0.717, 1.165) is 89.9 Å². The van der Waals surface area contributed by atoms with Gasteiger partial charge in [-0.1, -0.05) is 370 Å². The fourth-order valence-electron chi connectivity index (χ4n) is 11.1. The molecule has 1 atom stereocenters. The lowest BCUT2D eigenvalue weighted by Crippen LogP contribution is -2.30. The van der Waals surface area contributed by atoms with Gasteiger partial charge in [0.1, 0.15) is 13.2 Å². The van der Waals surface area contributed by atoms with Crippen LogP contribution in [0.3, 0.4) is 0 Å². The van der Waals surface area contributed by atoms with Gasteiger partial charge in [-0.05, 0) is 64.2 Å². The molecular formula is C77H140O6. The lowest BCUT2D eigenvalue weighted by atomic mass is 10.0. The Kier molecular flexibility index (Phi) is 69.1. The van der Waals surface area contributed by atoms with Crippen molar-refractivity contribution in [2.24, 2.45) is 0 Å². The first-order valence-corrected chi connectivity index (χ1v) is 36.8. The number of rotatable bonds is 68. The Hall–Kier alpha value is -2.89. The van der Waals surface area contributed by atoms with E-state index >= 15 is 0 Å². The molecule has 0 spiro atoms. The van der Waals surface area contributed by atoms with Gasteiger partial charge in [0.15, 0.2) is 6.10 Å². The first kappa shape index (κ1) is 80.1. The Balaban J connectivity index is 4.19. The predicted octanol–water partition coefficient (Wildman–Crippen LogP) is 25.5. The van der Waals surface area contributed by atoms with Crippen LogP contribution in [0.1, 0.15) is 393 Å². The fraction of sp³-hybridized carbons (Fsp3) is 0.831. The van der Waals surface area contributed by atoms with Crippen LogP contribution >= 0.6 is 0 Å². The van der Waals surface area contributed by atoms with Crippen LogP contribution in [0, 0.1) is 0 Å². The number of ether oxygens (including phenoxy) is 3. The Morgan fingerprint density at radius 2 is 0.470 bits per heavy atom. The molecule has 0 aromatic heterocycles. The molecular weight excluding hydrogens is 1020 g/mol. The van der Waals surface area contributed by atoms with Crippen molar-refractivity contribution in [3.8, 4) is 0 Å². The van der Waals surface area contributed by atoms with Crippen LogP contribution in [0.15, 0.2) is 60.8 Å². The van der Waals surface area contributed by atoms with Crippen LogP contribution in [0.25, 0.3) is 0 Å². The summed E-state index contributed by atoms with van der Waals surface area (Å²) in [5.41, 5.74) is 0. The Morgan fingerprint density at radius 3 is 0.735 bits per heavy atom. The molecule has 0 aliphatic rings. The van der Waals surface area contributed by atoms with E-state index in [1.54, 1.807) is 0 Å². The molecule has 0 fully saturated rings. The summed E-state index contributed by atoms with van der Waals surface area (Å²) in [5.74, 6) is -0.836. The van der Waals surface area contributed by atoms with Crippen molar-refractivity contribution < 1.29 is 28.6 Å². The van der Waals surface area contributed by atoms with Crippen molar-refractivity contribution in [2.75, 3.05) is 13.2 Å². The molecule has 1 unspecified atom stereocenters. The summed E-state index contributed by atoms with van der Waals surface area (Å²) < 4.78 is 17.0. The van der Waals surface area contributed by atoms with Crippen molar-refractivity contribution in [1.82, 2.24) is 0 Å². The number of allylic oxidation sites excluding steroid dienone is 10. The van der Waals surface area contributed by atoms with Crippen molar-refractivity contribution in [1.29, 1.82) is 0 Å². The van der Waals surface area contributed by atoms with Crippen LogP contribution in [0.4, 0.5) is 0 Å². The minimum absolute atomic E-state index is 0.0664. The summed E-state index contributed by atoms with van der Waals surface area (Å²) in [6.45, 7) is 6.60. The standard InChI is InChI=1S/C77H140O6/c1-4-7-10-13-16-19-22-25-27-29-31-33-34-35-36-37-38-39-40-41-42-44-45-47-49-52-55-58-61-64-67-70-76(79)82-73-74(72-81-75(78)69-66-63-60-57-54-51-24-21-18-15-12-9-6-3)83-77(80)71-68-65-62-59-56-53-50-48-46-43-32-30-28-26-23-20-17-14-11-8-5-2/h7,10,16,19,25,27,31,33,35-36,74H,4-6,8-9,11-15,17-18,20-24,26,28-30,32,34,37-73H2,1-3H3/b10-7-,19-16-,27-25-,33-31-,36-35-. The highest BCUT2D eigenvalue weighted by atomic mass is 16.6. The van der Waals surface area contributed by atoms with Gasteiger partial charge in [0.05, 0.1) is 0 Å². The van der Waals surface area contributed by atoms with Gasteiger partial charge in [0.25, 0.3) is 0 Å². The van der Waals surface area contributed by atoms with Crippen LogP contribution in [0.5, 0.6) is 0 Å². The van der Waals surface area contributed by atoms with E-state index in [9.17, 15) is 14.4 Å². The highest BCUT2D eigenvalue weighted by Crippen LogP contribution is 2.19. The molecule has 0 saturated heterocycles. The summed E-state index contributed by atoms with van der Waals surface area (Å²) in [6.07, 6.45) is 92.6. The van der Waals surface area contributed by atoms with Crippen molar-refractivity contribution >= 4 is 17.9 Å². The van der Waals surface area contributed by atoms with Gasteiger partial charge < -0.3 is 14.2 Å². The minimum atomic E-state index is -0.770. The number of esters is 3. The van der Waals surface area contributed by atoms with E-state index in [1.165, 1.54) is 263 Å². The third-order valence-corrected chi connectivity index (χ3v) is 16.5. The predicted molar refractivity (Wildman–Crippen MR) is 362 cm³/mol. The Morgan fingerprint density at radius 1 is 0.253 bits per heavy atom. The monoisotopic (exact) mass is 1160 g/mol. The van der Waals surface area contributed by atoms with Gasteiger partial charge >= 0.3 is 17.9 Å². The topological polar surface area (TPSA) is 78.9 Å². The first-order chi connectivity index (χ1) is 41.0. The van der Waals surface area contributed by atoms with Gasteiger partial charge in [0, 0.05) is 19.3 Å². The van der Waals surface area contributed by atoms with Crippen molar-refractivity contribution in [3.63, 3.8) is 0 Å². The highest BCUT2D eigenvalue weighted by molar-refractivity contribution is 5.71. The summed E-state index contributed by atoms with van der Waals surface area (Å²) >= 11 is 0. The Bertz CT molecular complexity index is 1470. The maximum atomic E-state index is 13.0. The van der Waals surface area contributed by atoms with Gasteiger partial charge in [-0.2, -0.15) is 0 Å². The summed E-state index contributed by atoms with van der Waals surface area (Å²) in [6, 6.07) is 0. The third-order valence-electron chi connectivity index (χ3n) is 16.5. The second-order valence-electron chi connectivity index (χ2n) is 24.8. The van der Waals surface area contributed by atoms with Gasteiger partial charge in [-0.25, -0.2) is 0 Å². The second-order valence-corrected chi connectivity index (χ2v) is 24.8. The van der Waals surface area contributed by atoms with Gasteiger partial charge in [0.2, 0.25) is 0 Å². The maximum Gasteiger partial charge on any atom is 0.306 e. The molecule has 484 valence electrons. The quantitative estimate of drug-likeness (QED) is 0.0261. The van der Waals surface area contributed by atoms with Crippen molar-refractivity contribution in [3.05, 3.63) is 60.8 Å². The number of hydrogen-bond acceptors (Lipinski definition) is 6. The molecule has 0 amide bonds. The summed E-state index contributed by atoms with van der Waals surface area (Å²) in [5, 5.41) is 0. The maximum absolute atomic E-state index is 13.0. The van der Waals surface area contributed by atoms with E-state index in [-0.39, 0.29) is 31.1 Å². The SMILES string of the molecule is CC/C=C\C/C=C\C/C=C\C/C=C\C/C=C\CCCCCCCCCCCCCCCCCC(=O)OCC(COC(=O)CCCCCCCCCCCCCCC)OC(=O)CCCCCCCCCCCCCCCCCCCCCCC. The van der Waals surface area contributed by atoms with E-state index in [0.29, 0.717) is 19.3 Å². The normalized spacial score (nSPS) is 12.4. The van der Waals surface area contributed by atoms with Gasteiger partial charge in [-0.15, -0.1) is 0 Å². The average molecular weight is 1160 g/mol. The van der Waals surface area contributed by atoms with Crippen LogP contribution in [0.2, 0.25) is 0 Å². The van der Waals surface area contributed by atoms with Crippen LogP contribution in [-0.2, 0) is 28.6 Å². The lowest BCUT2D eigenvalue weighted by Gasteiger charge is -2.18. The molecule has 6 heteroatoms. The average Bonchev–Trinajstić information content (AvgIpc) is 3.49. The molecule has 0 aromatic carbocycles. The molecule has 6 nitrogen and oxygen atoms in total. The van der Waals surface area contributed by atoms with Gasteiger partial charge in [-0.3, -0.25) is 14.4 Å². The molecule has 0 rings (SSSR count). The molecule has 0 radical (unpaired) electrons. The fourth-order valence-corrected chi connectivity index (χ4v) is 11.1. The van der Waals surface area contributed by atoms with E-state index in [1.807, 2.05) is 0 Å². The van der Waals surface area contributed by atoms with E-state index in [2.05, 4.69) is 81.5 Å². The van der Waals surface area contributed by atoms with E-state index < -0.39 is 6.10 Å². The summed E-state index contributed by atoms with van der Waals surface area (Å²) in [7, 11) is 0. The molecule has 0 aliphatic carbocycles. The zero-order chi connectivity index (χ0) is 59.9. The third kappa shape index (κ3) is 69.8. The zero-order valence-electron chi connectivity index (χ0n) is 55.7. The van der Waals surface area contributed by atoms with Crippen LogP contribution < -0.4 is 0 Å². The molecule has 0 saturated carbocycles. The molecule has 0 N–H and O–H groups in total. The molecule has 0 bridgehead atoms. The lowest BCUT2D eigenvalue weighted by molar-refractivity contribution is -0.167. The summed E-state index contributed by atoms with van der Waals surface area (Å²) in [4.78, 5) is 38.5. The zero-order valence-corrected chi connectivity index (χ0v) is 55.7. The van der Waals surface area contributed by atoms with E-state index in [4.69, 9.17) is 14.2 Å². The molecule has 0 aromatic rings. The largest absolute Gasteiger partial charge is 0.462 e. The number of unbranched alkanes of at least 4 members (excludes halogenated alkanes) is 47.